The molecule has 1 aromatic heterocycles. The molecule has 1 amide bonds. The Balaban J connectivity index is 1.91. The van der Waals surface area contributed by atoms with Gasteiger partial charge in [-0.05, 0) is 73.0 Å². The Hall–Kier alpha value is -1.95. The lowest BCUT2D eigenvalue weighted by Gasteiger charge is -2.16. The second kappa shape index (κ2) is 9.24. The van der Waals surface area contributed by atoms with Crippen LogP contribution in [0.4, 0.5) is 4.39 Å². The highest BCUT2D eigenvalue weighted by atomic mass is 79.9. The van der Waals surface area contributed by atoms with E-state index in [-0.39, 0.29) is 23.5 Å². The van der Waals surface area contributed by atoms with Crippen molar-refractivity contribution in [2.24, 2.45) is 0 Å². The molecule has 0 aliphatic rings. The third-order valence-electron chi connectivity index (χ3n) is 4.53. The lowest BCUT2D eigenvalue weighted by atomic mass is 10.0. The first kappa shape index (κ1) is 21.8. The fraction of sp³-hybridized carbons (Fsp3) is 0.182. The van der Waals surface area contributed by atoms with Crippen molar-refractivity contribution >= 4 is 45.0 Å². The van der Waals surface area contributed by atoms with E-state index in [1.54, 1.807) is 24.3 Å². The van der Waals surface area contributed by atoms with Crippen molar-refractivity contribution in [1.82, 2.24) is 10.3 Å². The maximum atomic E-state index is 13.5. The number of halogens is 4. The number of benzene rings is 2. The summed E-state index contributed by atoms with van der Waals surface area (Å²) >= 11 is 15.5. The number of nitrogens with one attached hydrogen (secondary N) is 1. The molecule has 1 N–H and O–H groups in total. The van der Waals surface area contributed by atoms with E-state index in [0.29, 0.717) is 21.1 Å². The molecule has 0 spiro atoms. The summed E-state index contributed by atoms with van der Waals surface area (Å²) in [5.74, 6) is -0.622. The van der Waals surface area contributed by atoms with Crippen LogP contribution < -0.4 is 5.32 Å². The van der Waals surface area contributed by atoms with Crippen molar-refractivity contribution in [1.29, 1.82) is 0 Å². The Bertz CT molecular complexity index is 1070. The lowest BCUT2D eigenvalue weighted by Crippen LogP contribution is -2.27. The summed E-state index contributed by atoms with van der Waals surface area (Å²) in [5, 5.41) is 4.38. The quantitative estimate of drug-likeness (QED) is 0.391. The van der Waals surface area contributed by atoms with E-state index in [4.69, 9.17) is 23.2 Å². The van der Waals surface area contributed by atoms with E-state index in [1.807, 2.05) is 26.0 Å². The van der Waals surface area contributed by atoms with Crippen LogP contribution in [-0.4, -0.2) is 10.9 Å². The smallest absolute Gasteiger partial charge is 0.270 e. The van der Waals surface area contributed by atoms with Gasteiger partial charge in [-0.3, -0.25) is 4.79 Å². The molecule has 3 nitrogen and oxygen atoms in total. The van der Waals surface area contributed by atoms with Crippen LogP contribution in [0.3, 0.4) is 0 Å². The average Bonchev–Trinajstić information content (AvgIpc) is 2.69. The summed E-state index contributed by atoms with van der Waals surface area (Å²) in [6, 6.07) is 13.1. The average molecular weight is 496 g/mol. The normalized spacial score (nSPS) is 11.9. The molecule has 3 rings (SSSR count). The first-order valence-corrected chi connectivity index (χ1v) is 10.8. The lowest BCUT2D eigenvalue weighted by molar-refractivity contribution is 0.0935. The fourth-order valence-electron chi connectivity index (χ4n) is 2.97. The SMILES string of the molecule is Cc1cc(F)ccc1-c1cc(CBr)cc(C(=O)NC(C)c2ccc(Cl)c(Cl)c2)n1. The zero-order valence-electron chi connectivity index (χ0n) is 15.8. The maximum Gasteiger partial charge on any atom is 0.270 e. The van der Waals surface area contributed by atoms with Gasteiger partial charge in [-0.2, -0.15) is 0 Å². The second-order valence-corrected chi connectivity index (χ2v) is 8.08. The van der Waals surface area contributed by atoms with Crippen LogP contribution in [0, 0.1) is 12.7 Å². The second-order valence-electron chi connectivity index (χ2n) is 6.71. The van der Waals surface area contributed by atoms with Crippen molar-refractivity contribution in [3.05, 3.63) is 86.8 Å². The van der Waals surface area contributed by atoms with Gasteiger partial charge in [-0.15, -0.1) is 0 Å². The van der Waals surface area contributed by atoms with Crippen molar-refractivity contribution < 1.29 is 9.18 Å². The molecule has 0 saturated heterocycles. The Morgan fingerprint density at radius 2 is 1.90 bits per heavy atom. The van der Waals surface area contributed by atoms with Crippen LogP contribution in [0.2, 0.25) is 10.0 Å². The molecule has 1 unspecified atom stereocenters. The third-order valence-corrected chi connectivity index (χ3v) is 5.91. The fourth-order valence-corrected chi connectivity index (χ4v) is 3.60. The standard InChI is InChI=1S/C22H18BrCl2FN2O/c1-12-7-16(26)4-5-17(12)20-8-14(11-23)9-21(28-20)22(29)27-13(2)15-3-6-18(24)19(25)10-15/h3-10,13H,11H2,1-2H3,(H,27,29). The van der Waals surface area contributed by atoms with Gasteiger partial charge in [0.15, 0.2) is 0 Å². The highest BCUT2D eigenvalue weighted by Gasteiger charge is 2.16. The zero-order valence-corrected chi connectivity index (χ0v) is 18.9. The van der Waals surface area contributed by atoms with E-state index in [9.17, 15) is 9.18 Å². The van der Waals surface area contributed by atoms with Crippen LogP contribution in [0.5, 0.6) is 0 Å². The van der Waals surface area contributed by atoms with Crippen LogP contribution in [0.1, 0.15) is 40.1 Å². The van der Waals surface area contributed by atoms with Crippen molar-refractivity contribution in [2.75, 3.05) is 0 Å². The van der Waals surface area contributed by atoms with Gasteiger partial charge in [0.2, 0.25) is 0 Å². The molecule has 0 fully saturated rings. The summed E-state index contributed by atoms with van der Waals surface area (Å²) in [6.45, 7) is 3.67. The summed E-state index contributed by atoms with van der Waals surface area (Å²) < 4.78 is 13.5. The van der Waals surface area contributed by atoms with Crippen LogP contribution in [-0.2, 0) is 5.33 Å². The molecular weight excluding hydrogens is 478 g/mol. The van der Waals surface area contributed by atoms with Gasteiger partial charge >= 0.3 is 0 Å². The number of alkyl halides is 1. The van der Waals surface area contributed by atoms with Crippen molar-refractivity contribution in [2.45, 2.75) is 25.2 Å². The highest BCUT2D eigenvalue weighted by Crippen LogP contribution is 2.27. The van der Waals surface area contributed by atoms with E-state index in [2.05, 4.69) is 26.2 Å². The maximum absolute atomic E-state index is 13.5. The number of aromatic nitrogens is 1. The predicted molar refractivity (Wildman–Crippen MR) is 119 cm³/mol. The third kappa shape index (κ3) is 5.16. The molecule has 0 bridgehead atoms. The Morgan fingerprint density at radius 3 is 2.55 bits per heavy atom. The number of hydrogen-bond donors (Lipinski definition) is 1. The molecule has 2 aromatic carbocycles. The van der Waals surface area contributed by atoms with Gasteiger partial charge in [0, 0.05) is 10.9 Å². The highest BCUT2D eigenvalue weighted by molar-refractivity contribution is 9.08. The molecule has 1 heterocycles. The van der Waals surface area contributed by atoms with Gasteiger partial charge in [0.05, 0.1) is 21.8 Å². The van der Waals surface area contributed by atoms with E-state index in [0.717, 1.165) is 22.3 Å². The minimum atomic E-state index is -0.313. The summed E-state index contributed by atoms with van der Waals surface area (Å²) in [5.41, 5.74) is 4.16. The molecule has 0 saturated carbocycles. The van der Waals surface area contributed by atoms with Crippen molar-refractivity contribution in [3.8, 4) is 11.3 Å². The van der Waals surface area contributed by atoms with E-state index >= 15 is 0 Å². The minimum absolute atomic E-state index is 0.285. The van der Waals surface area contributed by atoms with Gasteiger partial charge < -0.3 is 5.32 Å². The number of hydrogen-bond acceptors (Lipinski definition) is 2. The van der Waals surface area contributed by atoms with Crippen LogP contribution >= 0.6 is 39.1 Å². The summed E-state index contributed by atoms with van der Waals surface area (Å²) in [4.78, 5) is 17.4. The Kier molecular flexibility index (Phi) is 6.93. The minimum Gasteiger partial charge on any atom is -0.344 e. The largest absolute Gasteiger partial charge is 0.344 e. The van der Waals surface area contributed by atoms with Crippen molar-refractivity contribution in [3.63, 3.8) is 0 Å². The van der Waals surface area contributed by atoms with E-state index < -0.39 is 0 Å². The number of carbonyl (C=O) groups excluding carboxylic acids is 1. The summed E-state index contributed by atoms with van der Waals surface area (Å²) in [6.07, 6.45) is 0. The molecule has 7 heteroatoms. The van der Waals surface area contributed by atoms with Gasteiger partial charge in [-0.25, -0.2) is 9.37 Å². The number of rotatable bonds is 5. The number of aryl methyl sites for hydroxylation is 1. The predicted octanol–water partition coefficient (Wildman–Crippen LogP) is 6.89. The molecule has 0 aliphatic carbocycles. The molecule has 3 aromatic rings. The number of amides is 1. The first-order chi connectivity index (χ1) is 13.8. The number of nitrogens with zero attached hydrogens (tertiary/aromatic N) is 1. The molecule has 0 aliphatic heterocycles. The number of carbonyl (C=O) groups is 1. The van der Waals surface area contributed by atoms with Crippen LogP contribution in [0.15, 0.2) is 48.5 Å². The summed E-state index contributed by atoms with van der Waals surface area (Å²) in [7, 11) is 0. The zero-order chi connectivity index (χ0) is 21.1. The molecule has 29 heavy (non-hydrogen) atoms. The molecular formula is C22H18BrCl2FN2O. The topological polar surface area (TPSA) is 42.0 Å². The monoisotopic (exact) mass is 494 g/mol. The molecule has 150 valence electrons. The number of pyridine rings is 1. The van der Waals surface area contributed by atoms with E-state index in [1.165, 1.54) is 12.1 Å². The van der Waals surface area contributed by atoms with Gasteiger partial charge in [-0.1, -0.05) is 45.2 Å². The molecule has 1 atom stereocenters. The Morgan fingerprint density at radius 1 is 1.14 bits per heavy atom. The van der Waals surface area contributed by atoms with Gasteiger partial charge in [0.1, 0.15) is 11.5 Å². The van der Waals surface area contributed by atoms with Crippen LogP contribution in [0.25, 0.3) is 11.3 Å². The Labute approximate surface area is 187 Å². The first-order valence-electron chi connectivity index (χ1n) is 8.87. The molecule has 0 radical (unpaired) electrons. The van der Waals surface area contributed by atoms with Gasteiger partial charge in [0.25, 0.3) is 5.91 Å².